The van der Waals surface area contributed by atoms with Crippen molar-refractivity contribution in [2.45, 2.75) is 38.8 Å². The molecule has 7 heteroatoms. The molecule has 26 heavy (non-hydrogen) atoms. The number of carboxylic acids is 1. The highest BCUT2D eigenvalue weighted by Crippen LogP contribution is 2.31. The van der Waals surface area contributed by atoms with Crippen molar-refractivity contribution in [2.24, 2.45) is 0 Å². The van der Waals surface area contributed by atoms with Crippen LogP contribution in [-0.4, -0.2) is 44.6 Å². The topological polar surface area (TPSA) is 87.5 Å². The molecule has 1 fully saturated rings. The number of benzene rings is 1. The smallest absolute Gasteiger partial charge is 0.330 e. The molecular weight excluding hydrogens is 332 g/mol. The zero-order valence-electron chi connectivity index (χ0n) is 15.1. The van der Waals surface area contributed by atoms with E-state index in [0.29, 0.717) is 38.3 Å². The standard InChI is InChI=1S/C19H24N4O3/c1-14-4-3-5-16(12-14)13-21-18(26)22-9-6-19(7-10-22,17(24)25)23-11-8-20-15(23)2/h3-5,8,11-12H,6-7,9-10,13H2,1-2H3,(H,21,26)(H,24,25). The van der Waals surface area contributed by atoms with Crippen molar-refractivity contribution in [2.75, 3.05) is 13.1 Å². The number of aliphatic carboxylic acids is 1. The van der Waals surface area contributed by atoms with Gasteiger partial charge in [0, 0.05) is 32.0 Å². The Kier molecular flexibility index (Phi) is 4.97. The number of carbonyl (C=O) groups is 2. The minimum absolute atomic E-state index is 0.159. The number of carbonyl (C=O) groups excluding carboxylic acids is 1. The lowest BCUT2D eigenvalue weighted by atomic mass is 9.87. The van der Waals surface area contributed by atoms with Gasteiger partial charge in [-0.25, -0.2) is 14.6 Å². The van der Waals surface area contributed by atoms with E-state index in [-0.39, 0.29) is 6.03 Å². The molecular formula is C19H24N4O3. The second kappa shape index (κ2) is 7.19. The summed E-state index contributed by atoms with van der Waals surface area (Å²) in [7, 11) is 0. The largest absolute Gasteiger partial charge is 0.479 e. The second-order valence-corrected chi connectivity index (χ2v) is 6.82. The monoisotopic (exact) mass is 356 g/mol. The van der Waals surface area contributed by atoms with Crippen LogP contribution in [0, 0.1) is 13.8 Å². The van der Waals surface area contributed by atoms with Gasteiger partial charge in [0.2, 0.25) is 0 Å². The first-order valence-electron chi connectivity index (χ1n) is 8.74. The van der Waals surface area contributed by atoms with Crippen LogP contribution in [0.15, 0.2) is 36.7 Å². The molecule has 2 N–H and O–H groups in total. The quantitative estimate of drug-likeness (QED) is 0.880. The van der Waals surface area contributed by atoms with Crippen LogP contribution in [0.25, 0.3) is 0 Å². The summed E-state index contributed by atoms with van der Waals surface area (Å²) in [5.41, 5.74) is 1.16. The molecule has 1 aromatic heterocycles. The fraction of sp³-hybridized carbons (Fsp3) is 0.421. The van der Waals surface area contributed by atoms with Crippen molar-refractivity contribution in [3.05, 3.63) is 53.6 Å². The number of nitrogens with one attached hydrogen (secondary N) is 1. The number of hydrogen-bond acceptors (Lipinski definition) is 3. The highest BCUT2D eigenvalue weighted by atomic mass is 16.4. The number of carboxylic acid groups (broad SMARTS) is 1. The number of hydrogen-bond donors (Lipinski definition) is 2. The van der Waals surface area contributed by atoms with Crippen LogP contribution in [0.2, 0.25) is 0 Å². The number of piperidine rings is 1. The molecule has 2 aromatic rings. The van der Waals surface area contributed by atoms with Crippen molar-refractivity contribution in [3.63, 3.8) is 0 Å². The SMILES string of the molecule is Cc1cccc(CNC(=O)N2CCC(C(=O)O)(n3ccnc3C)CC2)c1. The second-order valence-electron chi connectivity index (χ2n) is 6.82. The summed E-state index contributed by atoms with van der Waals surface area (Å²) in [6, 6.07) is 7.83. The van der Waals surface area contributed by atoms with Crippen LogP contribution in [0.5, 0.6) is 0 Å². The highest BCUT2D eigenvalue weighted by Gasteiger charge is 2.44. The van der Waals surface area contributed by atoms with Crippen molar-refractivity contribution in [1.82, 2.24) is 19.8 Å². The van der Waals surface area contributed by atoms with E-state index in [9.17, 15) is 14.7 Å². The van der Waals surface area contributed by atoms with Crippen molar-refractivity contribution < 1.29 is 14.7 Å². The minimum Gasteiger partial charge on any atom is -0.479 e. The van der Waals surface area contributed by atoms with E-state index in [0.717, 1.165) is 11.1 Å². The number of aryl methyl sites for hydroxylation is 2. The lowest BCUT2D eigenvalue weighted by Gasteiger charge is -2.40. The predicted molar refractivity (Wildman–Crippen MR) is 96.8 cm³/mol. The highest BCUT2D eigenvalue weighted by molar-refractivity contribution is 5.78. The van der Waals surface area contributed by atoms with Crippen LogP contribution in [-0.2, 0) is 16.9 Å². The van der Waals surface area contributed by atoms with Crippen LogP contribution < -0.4 is 5.32 Å². The zero-order valence-corrected chi connectivity index (χ0v) is 15.1. The third-order valence-electron chi connectivity index (χ3n) is 5.09. The fourth-order valence-corrected chi connectivity index (χ4v) is 3.58. The fourth-order valence-electron chi connectivity index (χ4n) is 3.58. The predicted octanol–water partition coefficient (Wildman–Crippen LogP) is 2.29. The molecule has 2 heterocycles. The Morgan fingerprint density at radius 2 is 2.00 bits per heavy atom. The maximum Gasteiger partial charge on any atom is 0.330 e. The summed E-state index contributed by atoms with van der Waals surface area (Å²) < 4.78 is 1.72. The first kappa shape index (κ1) is 18.0. The van der Waals surface area contributed by atoms with E-state index in [1.165, 1.54) is 0 Å². The lowest BCUT2D eigenvalue weighted by molar-refractivity contribution is -0.150. The molecule has 0 atom stereocenters. The Hall–Kier alpha value is -2.83. The molecule has 0 saturated carbocycles. The third kappa shape index (κ3) is 3.42. The van der Waals surface area contributed by atoms with Gasteiger partial charge in [0.25, 0.3) is 0 Å². The normalized spacial score (nSPS) is 16.3. The van der Waals surface area contributed by atoms with Crippen LogP contribution >= 0.6 is 0 Å². The maximum atomic E-state index is 12.4. The van der Waals surface area contributed by atoms with Gasteiger partial charge in [0.1, 0.15) is 11.4 Å². The molecule has 138 valence electrons. The van der Waals surface area contributed by atoms with E-state index in [1.807, 2.05) is 31.2 Å². The Morgan fingerprint density at radius 3 is 2.58 bits per heavy atom. The molecule has 0 aliphatic carbocycles. The van der Waals surface area contributed by atoms with Gasteiger partial charge in [-0.1, -0.05) is 29.8 Å². The summed E-state index contributed by atoms with van der Waals surface area (Å²) in [6.07, 6.45) is 4.03. The molecule has 3 rings (SSSR count). The Bertz CT molecular complexity index is 807. The number of likely N-dealkylation sites (tertiary alicyclic amines) is 1. The molecule has 1 aromatic carbocycles. The number of aromatic nitrogens is 2. The van der Waals surface area contributed by atoms with E-state index in [2.05, 4.69) is 10.3 Å². The molecule has 1 aliphatic rings. The van der Waals surface area contributed by atoms with Gasteiger partial charge in [0.05, 0.1) is 0 Å². The van der Waals surface area contributed by atoms with Gasteiger partial charge < -0.3 is 19.9 Å². The van der Waals surface area contributed by atoms with Crippen molar-refractivity contribution in [3.8, 4) is 0 Å². The Balaban J connectivity index is 1.62. The summed E-state index contributed by atoms with van der Waals surface area (Å²) in [5.74, 6) is -0.205. The van der Waals surface area contributed by atoms with Gasteiger partial charge in [-0.2, -0.15) is 0 Å². The van der Waals surface area contributed by atoms with Crippen LogP contribution in [0.4, 0.5) is 4.79 Å². The molecule has 0 bridgehead atoms. The van der Waals surface area contributed by atoms with Crippen LogP contribution in [0.1, 0.15) is 29.8 Å². The van der Waals surface area contributed by atoms with E-state index in [4.69, 9.17) is 0 Å². The molecule has 2 amide bonds. The first-order valence-corrected chi connectivity index (χ1v) is 8.74. The number of rotatable bonds is 4. The molecule has 0 unspecified atom stereocenters. The maximum absolute atomic E-state index is 12.4. The van der Waals surface area contributed by atoms with Gasteiger partial charge in [-0.05, 0) is 32.3 Å². The third-order valence-corrected chi connectivity index (χ3v) is 5.09. The number of imidazole rings is 1. The Morgan fingerprint density at radius 1 is 1.27 bits per heavy atom. The first-order chi connectivity index (χ1) is 12.4. The minimum atomic E-state index is -1.03. The van der Waals surface area contributed by atoms with Gasteiger partial charge in [0.15, 0.2) is 0 Å². The van der Waals surface area contributed by atoms with Gasteiger partial charge >= 0.3 is 12.0 Å². The van der Waals surface area contributed by atoms with Crippen LogP contribution in [0.3, 0.4) is 0 Å². The van der Waals surface area contributed by atoms with Gasteiger partial charge in [-0.15, -0.1) is 0 Å². The summed E-state index contributed by atoms with van der Waals surface area (Å²) in [5, 5.41) is 12.7. The molecule has 0 radical (unpaired) electrons. The average molecular weight is 356 g/mol. The molecule has 7 nitrogen and oxygen atoms in total. The molecule has 1 aliphatic heterocycles. The summed E-state index contributed by atoms with van der Waals surface area (Å²) in [6.45, 7) is 5.06. The summed E-state index contributed by atoms with van der Waals surface area (Å²) in [4.78, 5) is 30.3. The number of urea groups is 1. The average Bonchev–Trinajstić information content (AvgIpc) is 3.06. The summed E-state index contributed by atoms with van der Waals surface area (Å²) >= 11 is 0. The number of nitrogens with zero attached hydrogens (tertiary/aromatic N) is 3. The van der Waals surface area contributed by atoms with E-state index < -0.39 is 11.5 Å². The number of amides is 2. The van der Waals surface area contributed by atoms with E-state index in [1.54, 1.807) is 28.8 Å². The van der Waals surface area contributed by atoms with Crippen molar-refractivity contribution in [1.29, 1.82) is 0 Å². The lowest BCUT2D eigenvalue weighted by Crippen LogP contribution is -2.54. The van der Waals surface area contributed by atoms with E-state index >= 15 is 0 Å². The molecule has 0 spiro atoms. The van der Waals surface area contributed by atoms with Gasteiger partial charge in [-0.3, -0.25) is 0 Å². The zero-order chi connectivity index (χ0) is 18.7. The van der Waals surface area contributed by atoms with Crippen molar-refractivity contribution >= 4 is 12.0 Å². The molecule has 1 saturated heterocycles. The Labute approximate surface area is 152 Å².